The van der Waals surface area contributed by atoms with E-state index < -0.39 is 12.0 Å². The Hall–Kier alpha value is -3.29. The first-order chi connectivity index (χ1) is 13.5. The summed E-state index contributed by atoms with van der Waals surface area (Å²) in [7, 11) is 7.28. The van der Waals surface area contributed by atoms with Crippen molar-refractivity contribution in [1.82, 2.24) is 0 Å². The second-order valence-electron chi connectivity index (χ2n) is 6.02. The summed E-state index contributed by atoms with van der Waals surface area (Å²) in [4.78, 5) is 12.8. The molecule has 0 fully saturated rings. The minimum absolute atomic E-state index is 0.0421. The van der Waals surface area contributed by atoms with Gasteiger partial charge in [-0.1, -0.05) is 0 Å². The van der Waals surface area contributed by atoms with Crippen molar-refractivity contribution >= 4 is 11.5 Å². The zero-order valence-corrected chi connectivity index (χ0v) is 16.3. The number of allylic oxidation sites excluding steroid dienone is 1. The van der Waals surface area contributed by atoms with Crippen molar-refractivity contribution in [2.24, 2.45) is 5.92 Å². The molecule has 1 aliphatic carbocycles. The van der Waals surface area contributed by atoms with Gasteiger partial charge < -0.3 is 33.5 Å². The third-order valence-electron chi connectivity index (χ3n) is 4.65. The molecular formula is C20H22O8. The van der Waals surface area contributed by atoms with Gasteiger partial charge in [-0.3, -0.25) is 4.79 Å². The predicted molar refractivity (Wildman–Crippen MR) is 98.6 cm³/mol. The van der Waals surface area contributed by atoms with Gasteiger partial charge in [-0.2, -0.15) is 0 Å². The van der Waals surface area contributed by atoms with Crippen LogP contribution < -0.4 is 9.47 Å². The molecule has 0 bridgehead atoms. The average molecular weight is 390 g/mol. The molecule has 1 aromatic carbocycles. The van der Waals surface area contributed by atoms with E-state index in [1.165, 1.54) is 41.6 Å². The Bertz CT molecular complexity index is 880. The smallest absolute Gasteiger partial charge is 0.206 e. The highest BCUT2D eigenvalue weighted by molar-refractivity contribution is 6.01. The highest BCUT2D eigenvalue weighted by atomic mass is 16.6. The molecule has 3 rings (SSSR count). The van der Waals surface area contributed by atoms with E-state index in [2.05, 4.69) is 0 Å². The molecule has 1 heterocycles. The van der Waals surface area contributed by atoms with Crippen LogP contribution in [0.1, 0.15) is 5.56 Å². The molecule has 0 unspecified atom stereocenters. The van der Waals surface area contributed by atoms with Crippen LogP contribution in [0, 0.1) is 5.92 Å². The number of carbonyl (C=O) groups excluding carboxylic acids is 1. The minimum Gasteiger partial charge on any atom is -0.507 e. The Balaban J connectivity index is 2.08. The number of hydrogen-bond acceptors (Lipinski definition) is 8. The molecule has 1 aliphatic heterocycles. The Morgan fingerprint density at radius 3 is 2.14 bits per heavy atom. The van der Waals surface area contributed by atoms with Crippen molar-refractivity contribution in [2.75, 3.05) is 35.5 Å². The van der Waals surface area contributed by atoms with Crippen LogP contribution in [0.15, 0.2) is 47.3 Å². The van der Waals surface area contributed by atoms with Crippen molar-refractivity contribution in [2.45, 2.75) is 6.10 Å². The number of hydrogen-bond donors (Lipinski definition) is 1. The Morgan fingerprint density at radius 2 is 1.57 bits per heavy atom. The van der Waals surface area contributed by atoms with Gasteiger partial charge in [-0.15, -0.1) is 0 Å². The van der Waals surface area contributed by atoms with Crippen LogP contribution in [-0.4, -0.2) is 52.5 Å². The maximum atomic E-state index is 12.8. The monoisotopic (exact) mass is 390 g/mol. The summed E-state index contributed by atoms with van der Waals surface area (Å²) >= 11 is 0. The Labute approximate surface area is 162 Å². The lowest BCUT2D eigenvalue weighted by Gasteiger charge is -2.35. The summed E-state index contributed by atoms with van der Waals surface area (Å²) in [6, 6.07) is 5.15. The standard InChI is InChI=1S/C20H22O8/c1-23-12-7-6-10(8-14(12)24-2)13-9-11(21)15-16(22)18(25-3)20(27-5)19(26-4)17(15)28-13/h6-9,15,17,22H,1-5H3/t15-,17+/m0/s1. The number of fused-ring (bicyclic) bond motifs is 1. The molecule has 0 saturated heterocycles. The number of carbonyl (C=O) groups is 1. The number of ketones is 1. The molecule has 28 heavy (non-hydrogen) atoms. The molecule has 0 aromatic heterocycles. The normalized spacial score (nSPS) is 21.5. The van der Waals surface area contributed by atoms with E-state index >= 15 is 0 Å². The third-order valence-corrected chi connectivity index (χ3v) is 4.65. The van der Waals surface area contributed by atoms with Gasteiger partial charge in [0.1, 0.15) is 11.7 Å². The highest BCUT2D eigenvalue weighted by Crippen LogP contribution is 2.42. The molecule has 8 heteroatoms. The molecule has 0 saturated carbocycles. The predicted octanol–water partition coefficient (Wildman–Crippen LogP) is 2.56. The van der Waals surface area contributed by atoms with E-state index in [1.807, 2.05) is 0 Å². The summed E-state index contributed by atoms with van der Waals surface area (Å²) in [6.07, 6.45) is 0.427. The summed E-state index contributed by atoms with van der Waals surface area (Å²) in [5, 5.41) is 10.6. The van der Waals surface area contributed by atoms with Gasteiger partial charge in [0, 0.05) is 11.6 Å². The van der Waals surface area contributed by atoms with E-state index in [4.69, 9.17) is 28.4 Å². The van der Waals surface area contributed by atoms with Gasteiger partial charge in [0.15, 0.2) is 34.9 Å². The summed E-state index contributed by atoms with van der Waals surface area (Å²) < 4.78 is 32.6. The van der Waals surface area contributed by atoms with Crippen molar-refractivity contribution in [3.63, 3.8) is 0 Å². The van der Waals surface area contributed by atoms with Crippen LogP contribution in [-0.2, 0) is 23.7 Å². The summed E-state index contributed by atoms with van der Waals surface area (Å²) in [6.45, 7) is 0. The van der Waals surface area contributed by atoms with Gasteiger partial charge in [0.05, 0.1) is 35.5 Å². The van der Waals surface area contributed by atoms with Gasteiger partial charge in [-0.25, -0.2) is 0 Å². The van der Waals surface area contributed by atoms with E-state index in [9.17, 15) is 9.90 Å². The fourth-order valence-electron chi connectivity index (χ4n) is 3.33. The van der Waals surface area contributed by atoms with Crippen LogP contribution in [0.25, 0.3) is 5.76 Å². The molecule has 0 amide bonds. The first kappa shape index (κ1) is 19.5. The lowest BCUT2D eigenvalue weighted by Crippen LogP contribution is -2.41. The number of rotatable bonds is 6. The minimum atomic E-state index is -0.993. The molecule has 1 N–H and O–H groups in total. The first-order valence-corrected chi connectivity index (χ1v) is 8.44. The van der Waals surface area contributed by atoms with Crippen LogP contribution in [0.3, 0.4) is 0 Å². The summed E-state index contributed by atoms with van der Waals surface area (Å²) in [5.41, 5.74) is 0.611. The van der Waals surface area contributed by atoms with E-state index in [-0.39, 0.29) is 28.8 Å². The zero-order chi connectivity index (χ0) is 20.4. The number of ether oxygens (including phenoxy) is 6. The molecule has 2 aliphatic rings. The van der Waals surface area contributed by atoms with Gasteiger partial charge >= 0.3 is 0 Å². The van der Waals surface area contributed by atoms with E-state index in [0.29, 0.717) is 22.8 Å². The lowest BCUT2D eigenvalue weighted by atomic mass is 9.85. The lowest BCUT2D eigenvalue weighted by molar-refractivity contribution is -0.123. The largest absolute Gasteiger partial charge is 0.507 e. The quantitative estimate of drug-likeness (QED) is 0.792. The molecule has 8 nitrogen and oxygen atoms in total. The number of aliphatic hydroxyl groups is 1. The van der Waals surface area contributed by atoms with Crippen molar-refractivity contribution in [1.29, 1.82) is 0 Å². The Kier molecular flexibility index (Phi) is 5.39. The van der Waals surface area contributed by atoms with Crippen molar-refractivity contribution < 1.29 is 38.3 Å². The average Bonchev–Trinajstić information content (AvgIpc) is 2.72. The highest BCUT2D eigenvalue weighted by Gasteiger charge is 2.48. The Morgan fingerprint density at radius 1 is 0.893 bits per heavy atom. The molecule has 150 valence electrons. The molecule has 0 radical (unpaired) electrons. The number of benzene rings is 1. The van der Waals surface area contributed by atoms with Gasteiger partial charge in [-0.05, 0) is 18.2 Å². The van der Waals surface area contributed by atoms with Gasteiger partial charge in [0.25, 0.3) is 0 Å². The van der Waals surface area contributed by atoms with E-state index in [0.717, 1.165) is 0 Å². The van der Waals surface area contributed by atoms with Crippen LogP contribution in [0.5, 0.6) is 11.5 Å². The fourth-order valence-corrected chi connectivity index (χ4v) is 3.33. The molecule has 2 atom stereocenters. The van der Waals surface area contributed by atoms with E-state index in [1.54, 1.807) is 18.2 Å². The molecular weight excluding hydrogens is 368 g/mol. The second-order valence-corrected chi connectivity index (χ2v) is 6.02. The maximum absolute atomic E-state index is 12.8. The molecule has 0 spiro atoms. The number of methoxy groups -OCH3 is 5. The van der Waals surface area contributed by atoms with Crippen molar-refractivity contribution in [3.8, 4) is 11.5 Å². The van der Waals surface area contributed by atoms with Crippen LogP contribution in [0.4, 0.5) is 0 Å². The third kappa shape index (κ3) is 3.00. The summed E-state index contributed by atoms with van der Waals surface area (Å²) in [5.74, 6) is 0.211. The fraction of sp³-hybridized carbons (Fsp3) is 0.350. The maximum Gasteiger partial charge on any atom is 0.206 e. The van der Waals surface area contributed by atoms with Crippen molar-refractivity contribution in [3.05, 3.63) is 52.9 Å². The van der Waals surface area contributed by atoms with Crippen LogP contribution in [0.2, 0.25) is 0 Å². The first-order valence-electron chi connectivity index (χ1n) is 8.44. The zero-order valence-electron chi connectivity index (χ0n) is 16.3. The topological polar surface area (TPSA) is 92.7 Å². The molecule has 1 aromatic rings. The SMILES string of the molecule is COC1=C(O)[C@@H]2C(=O)C=C(c3ccc(OC)c(OC)c3)O[C@H]2C(OC)=C1OC. The number of aliphatic hydroxyl groups excluding tert-OH is 1. The second kappa shape index (κ2) is 7.75. The van der Waals surface area contributed by atoms with Gasteiger partial charge in [0.2, 0.25) is 11.5 Å². The van der Waals surface area contributed by atoms with Crippen LogP contribution >= 0.6 is 0 Å².